The van der Waals surface area contributed by atoms with Gasteiger partial charge >= 0.3 is 0 Å². The smallest absolute Gasteiger partial charge is 0.236 e. The van der Waals surface area contributed by atoms with Crippen LogP contribution in [0.3, 0.4) is 0 Å². The number of aliphatic hydroxyl groups is 1. The highest BCUT2D eigenvalue weighted by Gasteiger charge is 2.29. The van der Waals surface area contributed by atoms with Gasteiger partial charge in [-0.25, -0.2) is 8.42 Å². The van der Waals surface area contributed by atoms with Gasteiger partial charge in [-0.05, 0) is 36.1 Å². The molecule has 1 saturated heterocycles. The molecule has 0 bridgehead atoms. The highest BCUT2D eigenvalue weighted by molar-refractivity contribution is 7.92. The maximum atomic E-state index is 12.1. The second-order valence-corrected chi connectivity index (χ2v) is 6.85. The predicted octanol–water partition coefficient (Wildman–Crippen LogP) is 1.95. The van der Waals surface area contributed by atoms with Crippen LogP contribution in [0.1, 0.15) is 12.0 Å². The van der Waals surface area contributed by atoms with Crippen LogP contribution in [0, 0.1) is 5.92 Å². The standard InChI is InChI=1S/C13H16ClNO3S/c14-13-3-1-11(2-4-13)6-8-19(17,18)15-7-5-12(9-15)10-16/h1-4,6,8,12,16H,5,7,9-10H2. The van der Waals surface area contributed by atoms with Crippen molar-refractivity contribution in [3.63, 3.8) is 0 Å². The molecule has 19 heavy (non-hydrogen) atoms. The van der Waals surface area contributed by atoms with E-state index in [1.54, 1.807) is 30.3 Å². The first-order valence-corrected chi connectivity index (χ1v) is 7.94. The topological polar surface area (TPSA) is 57.6 Å². The fraction of sp³-hybridized carbons (Fsp3) is 0.385. The van der Waals surface area contributed by atoms with Crippen molar-refractivity contribution in [3.8, 4) is 0 Å². The fourth-order valence-corrected chi connectivity index (χ4v) is 3.41. The lowest BCUT2D eigenvalue weighted by molar-refractivity contribution is 0.233. The van der Waals surface area contributed by atoms with Gasteiger partial charge in [0, 0.05) is 30.1 Å². The number of halogens is 1. The van der Waals surface area contributed by atoms with Gasteiger partial charge in [-0.3, -0.25) is 0 Å². The quantitative estimate of drug-likeness (QED) is 0.925. The maximum absolute atomic E-state index is 12.1. The van der Waals surface area contributed by atoms with Crippen LogP contribution in [0.4, 0.5) is 0 Å². The third-order valence-electron chi connectivity index (χ3n) is 3.17. The SMILES string of the molecule is O=S(=O)(C=Cc1ccc(Cl)cc1)N1CCC(CO)C1. The zero-order valence-electron chi connectivity index (χ0n) is 10.4. The Morgan fingerprint density at radius 3 is 2.63 bits per heavy atom. The predicted molar refractivity (Wildman–Crippen MR) is 76.2 cm³/mol. The van der Waals surface area contributed by atoms with Gasteiger partial charge in [0.1, 0.15) is 0 Å². The summed E-state index contributed by atoms with van der Waals surface area (Å²) >= 11 is 5.76. The highest BCUT2D eigenvalue weighted by Crippen LogP contribution is 2.20. The number of hydrogen-bond acceptors (Lipinski definition) is 3. The Morgan fingerprint density at radius 2 is 2.05 bits per heavy atom. The van der Waals surface area contributed by atoms with E-state index < -0.39 is 10.0 Å². The zero-order valence-corrected chi connectivity index (χ0v) is 11.9. The minimum absolute atomic E-state index is 0.0346. The molecule has 0 aromatic heterocycles. The van der Waals surface area contributed by atoms with Gasteiger partial charge in [0.2, 0.25) is 10.0 Å². The lowest BCUT2D eigenvalue weighted by Gasteiger charge is -2.12. The van der Waals surface area contributed by atoms with E-state index in [2.05, 4.69) is 0 Å². The summed E-state index contributed by atoms with van der Waals surface area (Å²) in [6, 6.07) is 6.95. The van der Waals surface area contributed by atoms with Crippen LogP contribution < -0.4 is 0 Å². The van der Waals surface area contributed by atoms with Crippen LogP contribution in [0.5, 0.6) is 0 Å². The van der Waals surface area contributed by atoms with Crippen LogP contribution in [0.15, 0.2) is 29.7 Å². The summed E-state index contributed by atoms with van der Waals surface area (Å²) in [4.78, 5) is 0. The van der Waals surface area contributed by atoms with Crippen molar-refractivity contribution < 1.29 is 13.5 Å². The molecule has 0 amide bonds. The van der Waals surface area contributed by atoms with E-state index in [0.29, 0.717) is 24.5 Å². The van der Waals surface area contributed by atoms with E-state index in [9.17, 15) is 8.42 Å². The molecule has 1 fully saturated rings. The minimum Gasteiger partial charge on any atom is -0.396 e. The number of benzene rings is 1. The van der Waals surface area contributed by atoms with Crippen molar-refractivity contribution >= 4 is 27.7 Å². The van der Waals surface area contributed by atoms with Gasteiger partial charge in [0.05, 0.1) is 0 Å². The second-order valence-electron chi connectivity index (χ2n) is 4.59. The summed E-state index contributed by atoms with van der Waals surface area (Å²) in [5, 5.41) is 10.9. The van der Waals surface area contributed by atoms with E-state index in [-0.39, 0.29) is 12.5 Å². The first kappa shape index (κ1) is 14.5. The number of nitrogens with zero attached hydrogens (tertiary/aromatic N) is 1. The van der Waals surface area contributed by atoms with Gasteiger partial charge in [-0.2, -0.15) is 4.31 Å². The lowest BCUT2D eigenvalue weighted by Crippen LogP contribution is -2.27. The number of hydrogen-bond donors (Lipinski definition) is 1. The molecular formula is C13H16ClNO3S. The maximum Gasteiger partial charge on any atom is 0.236 e. The van der Waals surface area contributed by atoms with E-state index in [1.165, 1.54) is 9.71 Å². The number of aliphatic hydroxyl groups excluding tert-OH is 1. The van der Waals surface area contributed by atoms with Crippen molar-refractivity contribution in [1.82, 2.24) is 4.31 Å². The minimum atomic E-state index is -3.40. The molecule has 6 heteroatoms. The first-order valence-electron chi connectivity index (χ1n) is 6.06. The Kier molecular flexibility index (Phi) is 4.62. The average molecular weight is 302 g/mol. The number of sulfonamides is 1. The van der Waals surface area contributed by atoms with Crippen molar-refractivity contribution in [3.05, 3.63) is 40.3 Å². The molecule has 1 N–H and O–H groups in total. The lowest BCUT2D eigenvalue weighted by atomic mass is 10.1. The summed E-state index contributed by atoms with van der Waals surface area (Å²) in [7, 11) is -3.40. The molecule has 1 heterocycles. The molecule has 4 nitrogen and oxygen atoms in total. The zero-order chi connectivity index (χ0) is 13.9. The Balaban J connectivity index is 2.07. The fourth-order valence-electron chi connectivity index (χ4n) is 2.00. The first-order chi connectivity index (χ1) is 9.01. The van der Waals surface area contributed by atoms with Crippen molar-refractivity contribution in [2.24, 2.45) is 5.92 Å². The summed E-state index contributed by atoms with van der Waals surface area (Å²) in [6.07, 6.45) is 2.27. The van der Waals surface area contributed by atoms with Crippen LogP contribution in [0.25, 0.3) is 6.08 Å². The Labute approximate surface area is 118 Å². The molecule has 104 valence electrons. The van der Waals surface area contributed by atoms with E-state index in [4.69, 9.17) is 16.7 Å². The molecule has 0 aliphatic carbocycles. The largest absolute Gasteiger partial charge is 0.396 e. The monoisotopic (exact) mass is 301 g/mol. The van der Waals surface area contributed by atoms with Crippen LogP contribution in [-0.2, 0) is 10.0 Å². The molecule has 1 unspecified atom stereocenters. The molecular weight excluding hydrogens is 286 g/mol. The molecule has 1 aliphatic heterocycles. The summed E-state index contributed by atoms with van der Waals surface area (Å²) in [5.74, 6) is 0.0544. The molecule has 0 spiro atoms. The second kappa shape index (κ2) is 6.05. The van der Waals surface area contributed by atoms with Crippen LogP contribution in [-0.4, -0.2) is 37.5 Å². The van der Waals surface area contributed by atoms with E-state index >= 15 is 0 Å². The molecule has 1 aromatic rings. The number of rotatable bonds is 4. The Bertz CT molecular complexity index is 554. The molecule has 1 aromatic carbocycles. The van der Waals surface area contributed by atoms with Gasteiger partial charge in [0.25, 0.3) is 0 Å². The van der Waals surface area contributed by atoms with Gasteiger partial charge in [-0.1, -0.05) is 23.7 Å². The van der Waals surface area contributed by atoms with Gasteiger partial charge in [-0.15, -0.1) is 0 Å². The molecule has 0 radical (unpaired) electrons. The van der Waals surface area contributed by atoms with Crippen LogP contribution in [0.2, 0.25) is 5.02 Å². The van der Waals surface area contributed by atoms with Crippen molar-refractivity contribution in [2.75, 3.05) is 19.7 Å². The normalized spacial score (nSPS) is 21.3. The van der Waals surface area contributed by atoms with E-state index in [0.717, 1.165) is 5.56 Å². The van der Waals surface area contributed by atoms with E-state index in [1.807, 2.05) is 0 Å². The summed E-state index contributed by atoms with van der Waals surface area (Å²) in [6.45, 7) is 0.898. The highest BCUT2D eigenvalue weighted by atomic mass is 35.5. The van der Waals surface area contributed by atoms with Crippen molar-refractivity contribution in [1.29, 1.82) is 0 Å². The van der Waals surface area contributed by atoms with Crippen LogP contribution >= 0.6 is 11.6 Å². The summed E-state index contributed by atoms with van der Waals surface area (Å²) in [5.41, 5.74) is 0.783. The summed E-state index contributed by atoms with van der Waals surface area (Å²) < 4.78 is 25.5. The Morgan fingerprint density at radius 1 is 1.37 bits per heavy atom. The third kappa shape index (κ3) is 3.79. The van der Waals surface area contributed by atoms with Crippen molar-refractivity contribution in [2.45, 2.75) is 6.42 Å². The molecule has 1 atom stereocenters. The van der Waals surface area contributed by atoms with Gasteiger partial charge in [0.15, 0.2) is 0 Å². The molecule has 0 saturated carbocycles. The van der Waals surface area contributed by atoms with Gasteiger partial charge < -0.3 is 5.11 Å². The Hall–Kier alpha value is -0.880. The average Bonchev–Trinajstić information content (AvgIpc) is 2.88. The molecule has 2 rings (SSSR count). The molecule has 1 aliphatic rings. The third-order valence-corrected chi connectivity index (χ3v) is 4.95.